The number of hydrogen-bond donors (Lipinski definition) is 2. The molecule has 1 heterocycles. The summed E-state index contributed by atoms with van der Waals surface area (Å²) in [6.45, 7) is 16.8. The van der Waals surface area contributed by atoms with Gasteiger partial charge in [-0.1, -0.05) is 96.4 Å². The summed E-state index contributed by atoms with van der Waals surface area (Å²) in [5.74, 6) is 6.35. The number of rotatable bonds is 16. The largest absolute Gasteiger partial charge is 0.477 e. The molecule has 0 aromatic heterocycles. The molecule has 0 radical (unpaired) electrons. The Bertz CT molecular complexity index is 1090. The Hall–Kier alpha value is -1.52. The van der Waals surface area contributed by atoms with Crippen molar-refractivity contribution in [2.45, 2.75) is 157 Å². The van der Waals surface area contributed by atoms with Crippen LogP contribution < -0.4 is 5.32 Å². The second-order valence-corrected chi connectivity index (χ2v) is 17.6. The Labute approximate surface area is 286 Å². The number of carbonyl (C=O) groups is 2. The molecule has 0 aromatic carbocycles. The molecule has 7 nitrogen and oxygen atoms in total. The van der Waals surface area contributed by atoms with Crippen molar-refractivity contribution in [2.24, 2.45) is 11.3 Å². The summed E-state index contributed by atoms with van der Waals surface area (Å²) in [6, 6.07) is 0.665. The van der Waals surface area contributed by atoms with Gasteiger partial charge >= 0.3 is 5.97 Å². The number of carboxylic acid groups (broad SMARTS) is 1. The van der Waals surface area contributed by atoms with Crippen molar-refractivity contribution in [1.82, 2.24) is 10.2 Å². The van der Waals surface area contributed by atoms with E-state index in [2.05, 4.69) is 58.7 Å². The highest BCUT2D eigenvalue weighted by molar-refractivity contribution is 8.07. The van der Waals surface area contributed by atoms with Gasteiger partial charge in [0, 0.05) is 48.7 Å². The minimum atomic E-state index is -2.42. The fraction of sp³-hybridized carbons (Fsp3) is 0.784. The maximum absolute atomic E-state index is 12.4. The second kappa shape index (κ2) is 22.2. The van der Waals surface area contributed by atoms with Crippen molar-refractivity contribution in [2.75, 3.05) is 19.4 Å². The van der Waals surface area contributed by atoms with Crippen LogP contribution in [0.3, 0.4) is 0 Å². The van der Waals surface area contributed by atoms with E-state index in [0.717, 1.165) is 75.5 Å². The molecule has 1 atom stereocenters. The zero-order chi connectivity index (χ0) is 34.8. The number of nitrogens with zero attached hydrogens (tertiary/aromatic N) is 1. The van der Waals surface area contributed by atoms with E-state index >= 15 is 0 Å². The zero-order valence-corrected chi connectivity index (χ0v) is 32.2. The van der Waals surface area contributed by atoms with Crippen LogP contribution in [-0.4, -0.2) is 59.9 Å². The summed E-state index contributed by atoms with van der Waals surface area (Å²) < 4.78 is 17.6. The van der Waals surface area contributed by atoms with Crippen molar-refractivity contribution in [3.8, 4) is 11.8 Å². The number of allylic oxidation sites excluding steroid dienone is 3. The van der Waals surface area contributed by atoms with E-state index in [9.17, 15) is 19.3 Å². The number of nitrogens with one attached hydrogen (secondary N) is 1. The predicted octanol–water partition coefficient (Wildman–Crippen LogP) is 9.83. The maximum atomic E-state index is 12.4. The van der Waals surface area contributed by atoms with Crippen LogP contribution in [0.15, 0.2) is 21.6 Å². The second-order valence-electron chi connectivity index (χ2n) is 13.7. The summed E-state index contributed by atoms with van der Waals surface area (Å²) >= 11 is 1.14. The highest BCUT2D eigenvalue weighted by Gasteiger charge is 2.33. The van der Waals surface area contributed by atoms with Crippen molar-refractivity contribution >= 4 is 31.5 Å². The molecule has 1 aliphatic carbocycles. The third kappa shape index (κ3) is 15.6. The molecule has 0 aromatic rings. The molecule has 1 saturated carbocycles. The number of thioether (sulfide) groups is 1. The number of amides is 1. The van der Waals surface area contributed by atoms with Crippen LogP contribution in [0.2, 0.25) is 0 Å². The smallest absolute Gasteiger partial charge is 0.344 e. The van der Waals surface area contributed by atoms with E-state index in [1.54, 1.807) is 18.9 Å². The maximum Gasteiger partial charge on any atom is 0.344 e. The van der Waals surface area contributed by atoms with Crippen molar-refractivity contribution < 1.29 is 23.8 Å². The molecule has 264 valence electrons. The lowest BCUT2D eigenvalue weighted by atomic mass is 9.89. The monoisotopic (exact) mass is 680 g/mol. The first-order valence-electron chi connectivity index (χ1n) is 17.8. The van der Waals surface area contributed by atoms with Crippen molar-refractivity contribution in [1.29, 1.82) is 0 Å². The Balaban J connectivity index is 0.00000102. The molecule has 2 fully saturated rings. The van der Waals surface area contributed by atoms with E-state index < -0.39 is 13.3 Å². The quantitative estimate of drug-likeness (QED) is 0.0551. The first-order valence-corrected chi connectivity index (χ1v) is 20.6. The Morgan fingerprint density at radius 3 is 2.17 bits per heavy atom. The molecule has 2 rings (SSSR count). The first-order chi connectivity index (χ1) is 21.8. The van der Waals surface area contributed by atoms with Crippen molar-refractivity contribution in [3.63, 3.8) is 0 Å². The van der Waals surface area contributed by atoms with Crippen LogP contribution in [0.25, 0.3) is 0 Å². The Morgan fingerprint density at radius 1 is 1.09 bits per heavy atom. The van der Waals surface area contributed by atoms with Gasteiger partial charge in [-0.2, -0.15) is 0 Å². The van der Waals surface area contributed by atoms with Gasteiger partial charge in [0.1, 0.15) is 4.91 Å². The van der Waals surface area contributed by atoms with Crippen LogP contribution in [0.4, 0.5) is 0 Å². The summed E-state index contributed by atoms with van der Waals surface area (Å²) in [5.41, 5.74) is 0.308. The highest BCUT2D eigenvalue weighted by Crippen LogP contribution is 2.50. The van der Waals surface area contributed by atoms with Crippen LogP contribution in [0, 0.1) is 23.2 Å². The van der Waals surface area contributed by atoms with Crippen LogP contribution in [-0.2, 0) is 18.7 Å². The molecule has 9 heteroatoms. The van der Waals surface area contributed by atoms with Gasteiger partial charge in [0.05, 0.1) is 4.91 Å². The molecule has 0 spiro atoms. The number of aliphatic carboxylic acids is 1. The SMILES string of the molecule is CC/C=C(/C#CC(C)(C)CC)S/C(C(=O)O)=C(\C)N(C=O)C1CCC(NC2CCP(=O)(OC)CC2)CC1.CCCCCC(C)CC. The van der Waals surface area contributed by atoms with Gasteiger partial charge in [0.25, 0.3) is 0 Å². The average molecular weight is 681 g/mol. The third-order valence-electron chi connectivity index (χ3n) is 9.56. The van der Waals surface area contributed by atoms with Crippen molar-refractivity contribution in [3.05, 3.63) is 21.6 Å². The first kappa shape index (κ1) is 42.5. The van der Waals surface area contributed by atoms with Gasteiger partial charge in [-0.25, -0.2) is 4.79 Å². The molecule has 1 saturated heterocycles. The molecule has 1 aliphatic heterocycles. The number of hydrogen-bond acceptors (Lipinski definition) is 6. The van der Waals surface area contributed by atoms with E-state index in [0.29, 0.717) is 35.0 Å². The average Bonchev–Trinajstić information content (AvgIpc) is 3.04. The summed E-state index contributed by atoms with van der Waals surface area (Å²) in [4.78, 5) is 26.9. The minimum Gasteiger partial charge on any atom is -0.477 e. The lowest BCUT2D eigenvalue weighted by Gasteiger charge is -2.38. The number of carbonyl (C=O) groups excluding carboxylic acids is 1. The standard InChI is InChI=1S/C28H45N2O5PS.C9H20/c1-7-9-25(14-17-28(4,5)8-2)37-26(27(32)33)21(3)30(20-31)24-12-10-22(11-13-24)29-23-15-18-36(34,35-6)19-16-23;1-4-6-7-8-9(3)5-2/h9,20,22-24,29H,7-8,10-13,15-16,18-19H2,1-6H3,(H,32,33);9H,4-8H2,1-3H3/b25-9-,26-21+;. The third-order valence-corrected chi connectivity index (χ3v) is 13.3. The minimum absolute atomic E-state index is 0.0331. The van der Waals surface area contributed by atoms with E-state index in [-0.39, 0.29) is 16.4 Å². The lowest BCUT2D eigenvalue weighted by molar-refractivity contribution is -0.132. The molecule has 2 N–H and O–H groups in total. The highest BCUT2D eigenvalue weighted by atomic mass is 32.2. The normalized spacial score (nSPS) is 24.8. The molecule has 46 heavy (non-hydrogen) atoms. The van der Waals surface area contributed by atoms with Crippen LogP contribution in [0.1, 0.15) is 139 Å². The lowest BCUT2D eigenvalue weighted by Crippen LogP contribution is -2.46. The fourth-order valence-corrected chi connectivity index (χ4v) is 8.58. The Kier molecular flexibility index (Phi) is 20.5. The van der Waals surface area contributed by atoms with Gasteiger partial charge < -0.3 is 19.8 Å². The molecular formula is C37H65N2O5PS. The zero-order valence-electron chi connectivity index (χ0n) is 30.5. The number of carboxylic acids is 1. The van der Waals surface area contributed by atoms with Gasteiger partial charge in [-0.05, 0) is 78.1 Å². The van der Waals surface area contributed by atoms with E-state index in [1.165, 1.54) is 32.1 Å². The summed E-state index contributed by atoms with van der Waals surface area (Å²) in [7, 11) is -0.881. The fourth-order valence-electron chi connectivity index (χ4n) is 5.67. The van der Waals surface area contributed by atoms with Gasteiger partial charge in [-0.3, -0.25) is 9.36 Å². The Morgan fingerprint density at radius 2 is 1.70 bits per heavy atom. The summed E-state index contributed by atoms with van der Waals surface area (Å²) in [5, 5.41) is 13.7. The van der Waals surface area contributed by atoms with Gasteiger partial charge in [0.15, 0.2) is 0 Å². The van der Waals surface area contributed by atoms with E-state index in [1.807, 2.05) is 13.0 Å². The molecule has 2 aliphatic rings. The van der Waals surface area contributed by atoms with E-state index in [4.69, 9.17) is 4.52 Å². The predicted molar refractivity (Wildman–Crippen MR) is 196 cm³/mol. The topological polar surface area (TPSA) is 95.9 Å². The van der Waals surface area contributed by atoms with Crippen LogP contribution >= 0.6 is 19.1 Å². The molecule has 1 unspecified atom stereocenters. The van der Waals surface area contributed by atoms with Crippen LogP contribution in [0.5, 0.6) is 0 Å². The molecule has 1 amide bonds. The molecular weight excluding hydrogens is 615 g/mol. The van der Waals surface area contributed by atoms with Gasteiger partial charge in [-0.15, -0.1) is 0 Å². The number of unbranched alkanes of at least 4 members (excludes halogenated alkanes) is 2. The molecule has 0 bridgehead atoms. The summed E-state index contributed by atoms with van der Waals surface area (Å²) in [6.07, 6.45) is 17.8. The van der Waals surface area contributed by atoms with Gasteiger partial charge in [0.2, 0.25) is 13.8 Å².